The SMILES string of the molecule is CC1CCCCN1c1nnc2ccc(O[C@@H]3CC[C@H](NC(=O)Nc4cc(C(C)(C)C)nn4-c4ccc(CN5CCCC5)cc4)c4ccccc43)cn12. The van der Waals surface area contributed by atoms with Crippen molar-refractivity contribution in [2.45, 2.75) is 103 Å². The predicted octanol–water partition coefficient (Wildman–Crippen LogP) is 7.96. The van der Waals surface area contributed by atoms with Crippen LogP contribution in [0.3, 0.4) is 0 Å². The van der Waals surface area contributed by atoms with Crippen molar-refractivity contribution in [1.29, 1.82) is 0 Å². The Balaban J connectivity index is 0.977. The summed E-state index contributed by atoms with van der Waals surface area (Å²) in [5.41, 5.74) is 5.90. The number of piperidine rings is 1. The van der Waals surface area contributed by atoms with Gasteiger partial charge < -0.3 is 15.0 Å². The molecule has 11 nitrogen and oxygen atoms in total. The molecule has 0 spiro atoms. The lowest BCUT2D eigenvalue weighted by atomic mass is 9.85. The summed E-state index contributed by atoms with van der Waals surface area (Å²) in [7, 11) is 0. The van der Waals surface area contributed by atoms with Crippen molar-refractivity contribution >= 4 is 23.4 Å². The molecule has 11 heteroatoms. The summed E-state index contributed by atoms with van der Waals surface area (Å²) in [6.07, 6.45) is 9.49. The molecular weight excluding hydrogens is 651 g/mol. The molecule has 2 fully saturated rings. The number of rotatable bonds is 8. The van der Waals surface area contributed by atoms with Crippen LogP contribution in [0.4, 0.5) is 16.6 Å². The Hall–Kier alpha value is -4.90. The minimum atomic E-state index is -0.260. The van der Waals surface area contributed by atoms with Crippen LogP contribution in [0.2, 0.25) is 0 Å². The van der Waals surface area contributed by atoms with E-state index in [0.29, 0.717) is 11.9 Å². The third kappa shape index (κ3) is 7.11. The molecule has 2 saturated heterocycles. The van der Waals surface area contributed by atoms with Crippen LogP contribution in [-0.4, -0.2) is 61.0 Å². The summed E-state index contributed by atoms with van der Waals surface area (Å²) in [5, 5.41) is 20.4. The highest BCUT2D eigenvalue weighted by Crippen LogP contribution is 2.39. The van der Waals surface area contributed by atoms with E-state index in [9.17, 15) is 4.79 Å². The molecule has 1 aliphatic carbocycles. The van der Waals surface area contributed by atoms with E-state index in [1.54, 1.807) is 0 Å². The quantitative estimate of drug-likeness (QED) is 0.169. The van der Waals surface area contributed by atoms with Gasteiger partial charge in [0.25, 0.3) is 0 Å². The number of pyridine rings is 1. The first-order chi connectivity index (χ1) is 25.2. The van der Waals surface area contributed by atoms with Crippen LogP contribution in [0.5, 0.6) is 5.75 Å². The number of hydrogen-bond donors (Lipinski definition) is 2. The zero-order valence-electron chi connectivity index (χ0n) is 30.9. The van der Waals surface area contributed by atoms with Crippen LogP contribution in [0.1, 0.15) is 107 Å². The van der Waals surface area contributed by atoms with Crippen LogP contribution in [0.25, 0.3) is 11.3 Å². The first kappa shape index (κ1) is 34.2. The van der Waals surface area contributed by atoms with Gasteiger partial charge in [-0.15, -0.1) is 10.2 Å². The molecule has 5 aromatic rings. The van der Waals surface area contributed by atoms with Gasteiger partial charge in [-0.2, -0.15) is 5.10 Å². The zero-order chi connectivity index (χ0) is 35.8. The first-order valence-electron chi connectivity index (χ1n) is 19.1. The summed E-state index contributed by atoms with van der Waals surface area (Å²) in [6, 6.07) is 22.8. The molecule has 272 valence electrons. The number of nitrogens with zero attached hydrogens (tertiary/aromatic N) is 7. The normalized spacial score (nSPS) is 20.9. The highest BCUT2D eigenvalue weighted by Gasteiger charge is 2.31. The summed E-state index contributed by atoms with van der Waals surface area (Å²) in [5.74, 6) is 2.29. The minimum Gasteiger partial charge on any atom is -0.484 e. The Morgan fingerprint density at radius 3 is 2.42 bits per heavy atom. The van der Waals surface area contributed by atoms with Gasteiger partial charge in [0.15, 0.2) is 5.65 Å². The molecular formula is C41H51N9O2. The van der Waals surface area contributed by atoms with Crippen LogP contribution >= 0.6 is 0 Å². The van der Waals surface area contributed by atoms with Crippen molar-refractivity contribution in [3.05, 3.63) is 95.3 Å². The van der Waals surface area contributed by atoms with E-state index in [0.717, 1.165) is 91.7 Å². The number of hydrogen-bond acceptors (Lipinski definition) is 7. The van der Waals surface area contributed by atoms with Crippen molar-refractivity contribution in [2.24, 2.45) is 0 Å². The standard InChI is InChI=1S/C41H51N9O2/c1-28-11-7-8-24-48(28)40-45-44-37-21-18-31(27-49(37)40)52-35-20-19-34(32-12-5-6-13-33(32)35)42-39(51)43-38-25-36(41(2,3)4)46-50(38)30-16-14-29(15-17-30)26-47-22-9-10-23-47/h5-6,12-18,21,25,27-28,34-35H,7-11,19-20,22-24,26H2,1-4H3,(H2,42,43,51)/t28?,34-,35+/m0/s1. The third-order valence-electron chi connectivity index (χ3n) is 10.9. The molecule has 8 rings (SSSR count). The van der Waals surface area contributed by atoms with Gasteiger partial charge in [0, 0.05) is 30.6 Å². The van der Waals surface area contributed by atoms with E-state index in [2.05, 4.69) is 99.1 Å². The topological polar surface area (TPSA) is 105 Å². The van der Waals surface area contributed by atoms with Crippen LogP contribution < -0.4 is 20.3 Å². The van der Waals surface area contributed by atoms with Crippen molar-refractivity contribution in [1.82, 2.24) is 34.6 Å². The van der Waals surface area contributed by atoms with Crippen LogP contribution in [0.15, 0.2) is 72.9 Å². The number of anilines is 2. The third-order valence-corrected chi connectivity index (χ3v) is 10.9. The molecule has 0 saturated carbocycles. The predicted molar refractivity (Wildman–Crippen MR) is 204 cm³/mol. The lowest BCUT2D eigenvalue weighted by molar-refractivity contribution is 0.171. The number of benzene rings is 2. The molecule has 3 aromatic heterocycles. The second kappa shape index (κ2) is 14.3. The molecule has 1 unspecified atom stereocenters. The number of aromatic nitrogens is 5. The molecule has 0 bridgehead atoms. The van der Waals surface area contributed by atoms with E-state index in [-0.39, 0.29) is 23.6 Å². The second-order valence-corrected chi connectivity index (χ2v) is 15.8. The Morgan fingerprint density at radius 1 is 0.885 bits per heavy atom. The van der Waals surface area contributed by atoms with Gasteiger partial charge in [0.1, 0.15) is 17.7 Å². The number of carbonyl (C=O) groups excluding carboxylic acids is 1. The highest BCUT2D eigenvalue weighted by atomic mass is 16.5. The Labute approximate surface area is 306 Å². The number of urea groups is 1. The fourth-order valence-electron chi connectivity index (χ4n) is 7.99. The lowest BCUT2D eigenvalue weighted by Gasteiger charge is -2.33. The molecule has 5 heterocycles. The zero-order valence-corrected chi connectivity index (χ0v) is 30.9. The van der Waals surface area contributed by atoms with Gasteiger partial charge in [-0.3, -0.25) is 14.6 Å². The van der Waals surface area contributed by atoms with Gasteiger partial charge in [0.2, 0.25) is 5.95 Å². The van der Waals surface area contributed by atoms with Gasteiger partial charge in [-0.05, 0) is 106 Å². The van der Waals surface area contributed by atoms with Gasteiger partial charge >= 0.3 is 6.03 Å². The van der Waals surface area contributed by atoms with E-state index >= 15 is 0 Å². The number of amides is 2. The van der Waals surface area contributed by atoms with E-state index in [1.165, 1.54) is 24.8 Å². The number of carbonyl (C=O) groups is 1. The summed E-state index contributed by atoms with van der Waals surface area (Å²) < 4.78 is 10.6. The molecule has 2 amide bonds. The largest absolute Gasteiger partial charge is 0.484 e. The maximum atomic E-state index is 13.7. The first-order valence-corrected chi connectivity index (χ1v) is 19.1. The molecule has 2 aromatic carbocycles. The Morgan fingerprint density at radius 2 is 1.65 bits per heavy atom. The van der Waals surface area contributed by atoms with Crippen LogP contribution in [-0.2, 0) is 12.0 Å². The van der Waals surface area contributed by atoms with E-state index < -0.39 is 0 Å². The fraction of sp³-hybridized carbons (Fsp3) is 0.463. The van der Waals surface area contributed by atoms with Gasteiger partial charge in [0.05, 0.1) is 23.6 Å². The average Bonchev–Trinajstić information content (AvgIpc) is 3.91. The summed E-state index contributed by atoms with van der Waals surface area (Å²) in [4.78, 5) is 18.6. The summed E-state index contributed by atoms with van der Waals surface area (Å²) >= 11 is 0. The molecule has 0 radical (unpaired) electrons. The van der Waals surface area contributed by atoms with Crippen LogP contribution in [0, 0.1) is 0 Å². The van der Waals surface area contributed by atoms with E-state index in [4.69, 9.17) is 9.84 Å². The molecule has 2 aliphatic heterocycles. The number of nitrogens with one attached hydrogen (secondary N) is 2. The number of ether oxygens (including phenoxy) is 1. The van der Waals surface area contributed by atoms with Crippen molar-refractivity contribution in [3.63, 3.8) is 0 Å². The van der Waals surface area contributed by atoms with E-state index in [1.807, 2.05) is 41.2 Å². The van der Waals surface area contributed by atoms with Crippen molar-refractivity contribution in [3.8, 4) is 11.4 Å². The maximum absolute atomic E-state index is 13.7. The molecule has 52 heavy (non-hydrogen) atoms. The van der Waals surface area contributed by atoms with Crippen molar-refractivity contribution in [2.75, 3.05) is 29.9 Å². The smallest absolute Gasteiger partial charge is 0.320 e. The lowest BCUT2D eigenvalue weighted by Crippen LogP contribution is -2.38. The van der Waals surface area contributed by atoms with Gasteiger partial charge in [-0.25, -0.2) is 9.48 Å². The molecule has 3 atom stereocenters. The monoisotopic (exact) mass is 701 g/mol. The fourth-order valence-corrected chi connectivity index (χ4v) is 7.99. The Bertz CT molecular complexity index is 2020. The van der Waals surface area contributed by atoms with Crippen molar-refractivity contribution < 1.29 is 9.53 Å². The average molecular weight is 702 g/mol. The summed E-state index contributed by atoms with van der Waals surface area (Å²) in [6.45, 7) is 12.9. The number of fused-ring (bicyclic) bond motifs is 2. The second-order valence-electron chi connectivity index (χ2n) is 15.8. The number of likely N-dealkylation sites (tertiary alicyclic amines) is 1. The molecule has 2 N–H and O–H groups in total. The Kier molecular flexibility index (Phi) is 9.38. The molecule has 3 aliphatic rings. The minimum absolute atomic E-state index is 0.146. The highest BCUT2D eigenvalue weighted by molar-refractivity contribution is 5.89. The maximum Gasteiger partial charge on any atom is 0.320 e. The van der Waals surface area contributed by atoms with Gasteiger partial charge in [-0.1, -0.05) is 57.2 Å².